The second-order valence-corrected chi connectivity index (χ2v) is 9.75. The zero-order chi connectivity index (χ0) is 22.7. The van der Waals surface area contributed by atoms with Crippen LogP contribution in [0.1, 0.15) is 25.6 Å². The largest absolute Gasteiger partial charge is 0.328 e. The van der Waals surface area contributed by atoms with Gasteiger partial charge in [0.1, 0.15) is 5.82 Å². The highest BCUT2D eigenvalue weighted by atomic mass is 32.2. The number of nitrogens with one attached hydrogen (secondary N) is 1. The summed E-state index contributed by atoms with van der Waals surface area (Å²) in [5.41, 5.74) is 3.19. The van der Waals surface area contributed by atoms with Crippen molar-refractivity contribution >= 4 is 43.4 Å². The van der Waals surface area contributed by atoms with Crippen molar-refractivity contribution in [2.75, 3.05) is 5.32 Å². The fourth-order valence-electron chi connectivity index (χ4n) is 3.48. The first kappa shape index (κ1) is 22.1. The molecule has 2 aromatic heterocycles. The summed E-state index contributed by atoms with van der Waals surface area (Å²) < 4.78 is 25.3. The Labute approximate surface area is 190 Å². The molecule has 2 aromatic carbocycles. The molecule has 0 unspecified atom stereocenters. The summed E-state index contributed by atoms with van der Waals surface area (Å²) in [5, 5.41) is 10.6. The van der Waals surface area contributed by atoms with Crippen molar-refractivity contribution in [1.82, 2.24) is 14.5 Å². The molecule has 0 aliphatic heterocycles. The number of carbonyl (C=O) groups is 1. The molecule has 32 heavy (non-hydrogen) atoms. The van der Waals surface area contributed by atoms with Crippen LogP contribution in [0, 0.1) is 0 Å². The second kappa shape index (κ2) is 9.19. The van der Waals surface area contributed by atoms with Crippen LogP contribution in [0.5, 0.6) is 0 Å². The first-order chi connectivity index (χ1) is 15.3. The third-order valence-corrected chi connectivity index (χ3v) is 6.64. The monoisotopic (exact) mass is 469 g/mol. The molecular formula is C22H23N5O3S2. The number of imidazole rings is 1. The molecule has 0 aliphatic rings. The molecule has 2 heterocycles. The molecule has 0 saturated carbocycles. The topological polar surface area (TPSA) is 120 Å². The van der Waals surface area contributed by atoms with Crippen LogP contribution in [-0.4, -0.2) is 28.9 Å². The third kappa shape index (κ3) is 4.87. The maximum absolute atomic E-state index is 12.5. The summed E-state index contributed by atoms with van der Waals surface area (Å²) in [4.78, 5) is 21.6. The SMILES string of the molecule is CCCn1c(CCC(=O)Nc2nc(-c3ccccc3)cs2)nc2cc(S(N)(=O)=O)ccc21. The normalized spacial score (nSPS) is 11.7. The molecule has 10 heteroatoms. The molecule has 3 N–H and O–H groups in total. The molecule has 0 atom stereocenters. The van der Waals surface area contributed by atoms with E-state index in [-0.39, 0.29) is 17.2 Å². The van der Waals surface area contributed by atoms with E-state index in [4.69, 9.17) is 5.14 Å². The third-order valence-electron chi connectivity index (χ3n) is 4.97. The van der Waals surface area contributed by atoms with Crippen LogP contribution >= 0.6 is 11.3 Å². The predicted octanol–water partition coefficient (Wildman–Crippen LogP) is 3.79. The molecular weight excluding hydrogens is 446 g/mol. The van der Waals surface area contributed by atoms with Crippen LogP contribution in [0.3, 0.4) is 0 Å². The second-order valence-electron chi connectivity index (χ2n) is 7.33. The lowest BCUT2D eigenvalue weighted by Gasteiger charge is -2.08. The first-order valence-corrected chi connectivity index (χ1v) is 12.6. The van der Waals surface area contributed by atoms with Crippen LogP contribution in [0.15, 0.2) is 58.8 Å². The molecule has 4 aromatic rings. The molecule has 0 radical (unpaired) electrons. The molecule has 0 aliphatic carbocycles. The average molecular weight is 470 g/mol. The number of sulfonamides is 1. The van der Waals surface area contributed by atoms with Gasteiger partial charge in [-0.15, -0.1) is 11.3 Å². The minimum Gasteiger partial charge on any atom is -0.328 e. The molecule has 1 amide bonds. The molecule has 8 nitrogen and oxygen atoms in total. The highest BCUT2D eigenvalue weighted by Gasteiger charge is 2.16. The van der Waals surface area contributed by atoms with Gasteiger partial charge in [-0.25, -0.2) is 23.5 Å². The fourth-order valence-corrected chi connectivity index (χ4v) is 4.75. The molecule has 0 bridgehead atoms. The van der Waals surface area contributed by atoms with Gasteiger partial charge in [-0.2, -0.15) is 0 Å². The molecule has 0 fully saturated rings. The van der Waals surface area contributed by atoms with Crippen molar-refractivity contribution < 1.29 is 13.2 Å². The number of primary sulfonamides is 1. The van der Waals surface area contributed by atoms with Gasteiger partial charge in [0.25, 0.3) is 0 Å². The fraction of sp³-hybridized carbons (Fsp3) is 0.227. The minimum atomic E-state index is -3.81. The van der Waals surface area contributed by atoms with Gasteiger partial charge in [-0.1, -0.05) is 37.3 Å². The van der Waals surface area contributed by atoms with Crippen molar-refractivity contribution in [3.05, 3.63) is 59.7 Å². The molecule has 4 rings (SSSR count). The standard InChI is InChI=1S/C22H23N5O3S2/c1-2-12-27-19-9-8-16(32(23,29)30)13-17(19)24-20(27)10-11-21(28)26-22-25-18(14-31-22)15-6-4-3-5-7-15/h3-9,13-14H,2,10-12H2,1H3,(H2,23,29,30)(H,25,26,28). The number of amides is 1. The Bertz CT molecular complexity index is 1360. The van der Waals surface area contributed by atoms with Crippen LogP contribution in [0.25, 0.3) is 22.3 Å². The smallest absolute Gasteiger partial charge is 0.238 e. The van der Waals surface area contributed by atoms with Crippen LogP contribution < -0.4 is 10.5 Å². The average Bonchev–Trinajstić information content (AvgIpc) is 3.37. The van der Waals surface area contributed by atoms with Crippen molar-refractivity contribution in [3.63, 3.8) is 0 Å². The number of hydrogen-bond donors (Lipinski definition) is 2. The number of rotatable bonds is 8. The maximum Gasteiger partial charge on any atom is 0.238 e. The number of carbonyl (C=O) groups excluding carboxylic acids is 1. The summed E-state index contributed by atoms with van der Waals surface area (Å²) >= 11 is 1.38. The Balaban J connectivity index is 1.48. The Hall–Kier alpha value is -3.08. The van der Waals surface area contributed by atoms with Crippen molar-refractivity contribution in [3.8, 4) is 11.3 Å². The number of nitrogens with two attached hydrogens (primary N) is 1. The van der Waals surface area contributed by atoms with E-state index in [0.29, 0.717) is 17.1 Å². The van der Waals surface area contributed by atoms with Gasteiger partial charge in [0.05, 0.1) is 21.6 Å². The summed E-state index contributed by atoms with van der Waals surface area (Å²) in [7, 11) is -3.81. The maximum atomic E-state index is 12.5. The van der Waals surface area contributed by atoms with Crippen molar-refractivity contribution in [1.29, 1.82) is 0 Å². The lowest BCUT2D eigenvalue weighted by molar-refractivity contribution is -0.116. The van der Waals surface area contributed by atoms with E-state index in [1.54, 1.807) is 6.07 Å². The van der Waals surface area contributed by atoms with E-state index < -0.39 is 10.0 Å². The zero-order valence-corrected chi connectivity index (χ0v) is 19.1. The van der Waals surface area contributed by atoms with E-state index in [2.05, 4.69) is 15.3 Å². The first-order valence-electron chi connectivity index (χ1n) is 10.2. The summed E-state index contributed by atoms with van der Waals surface area (Å²) in [6.07, 6.45) is 1.53. The highest BCUT2D eigenvalue weighted by Crippen LogP contribution is 2.25. The van der Waals surface area contributed by atoms with E-state index >= 15 is 0 Å². The number of hydrogen-bond acceptors (Lipinski definition) is 6. The van der Waals surface area contributed by atoms with Crippen LogP contribution in [-0.2, 0) is 27.8 Å². The number of benzene rings is 2. The number of anilines is 1. The van der Waals surface area contributed by atoms with Gasteiger partial charge in [0.15, 0.2) is 5.13 Å². The Morgan fingerprint density at radius 1 is 1.16 bits per heavy atom. The number of nitrogens with zero attached hydrogens (tertiary/aromatic N) is 3. The van der Waals surface area contributed by atoms with E-state index in [1.807, 2.05) is 47.2 Å². The number of aryl methyl sites for hydroxylation is 2. The lowest BCUT2D eigenvalue weighted by atomic mass is 10.2. The molecule has 0 saturated heterocycles. The Kier molecular flexibility index (Phi) is 6.35. The van der Waals surface area contributed by atoms with Crippen LogP contribution in [0.2, 0.25) is 0 Å². The Morgan fingerprint density at radius 3 is 2.66 bits per heavy atom. The van der Waals surface area contributed by atoms with Crippen LogP contribution in [0.4, 0.5) is 5.13 Å². The minimum absolute atomic E-state index is 0.0217. The van der Waals surface area contributed by atoms with Gasteiger partial charge >= 0.3 is 0 Å². The number of thiazole rings is 1. The summed E-state index contributed by atoms with van der Waals surface area (Å²) in [6, 6.07) is 14.4. The van der Waals surface area contributed by atoms with E-state index in [0.717, 1.165) is 35.6 Å². The summed E-state index contributed by atoms with van der Waals surface area (Å²) in [6.45, 7) is 2.77. The highest BCUT2D eigenvalue weighted by molar-refractivity contribution is 7.89. The van der Waals surface area contributed by atoms with Crippen molar-refractivity contribution in [2.24, 2.45) is 5.14 Å². The number of fused-ring (bicyclic) bond motifs is 1. The van der Waals surface area contributed by atoms with Crippen molar-refractivity contribution in [2.45, 2.75) is 37.6 Å². The Morgan fingerprint density at radius 2 is 1.94 bits per heavy atom. The van der Waals surface area contributed by atoms with Gasteiger partial charge in [0.2, 0.25) is 15.9 Å². The van der Waals surface area contributed by atoms with Gasteiger partial charge < -0.3 is 9.88 Å². The van der Waals surface area contributed by atoms with E-state index in [9.17, 15) is 13.2 Å². The number of aromatic nitrogens is 3. The van der Waals surface area contributed by atoms with Gasteiger partial charge in [-0.05, 0) is 24.6 Å². The molecule has 166 valence electrons. The zero-order valence-electron chi connectivity index (χ0n) is 17.5. The van der Waals surface area contributed by atoms with E-state index in [1.165, 1.54) is 23.5 Å². The summed E-state index contributed by atoms with van der Waals surface area (Å²) in [5.74, 6) is 0.576. The van der Waals surface area contributed by atoms with Gasteiger partial charge in [0, 0.05) is 30.3 Å². The molecule has 0 spiro atoms. The predicted molar refractivity (Wildman–Crippen MR) is 126 cm³/mol. The lowest BCUT2D eigenvalue weighted by Crippen LogP contribution is -2.14. The quantitative estimate of drug-likeness (QED) is 0.407. The van der Waals surface area contributed by atoms with Gasteiger partial charge in [-0.3, -0.25) is 4.79 Å².